The van der Waals surface area contributed by atoms with Crippen LogP contribution in [-0.2, 0) is 6.18 Å². The zero-order valence-corrected chi connectivity index (χ0v) is 17.5. The van der Waals surface area contributed by atoms with Gasteiger partial charge in [-0.05, 0) is 60.5 Å². The standard InChI is InChI=1S/C22H14BrF3N2O3/c1-11-5-6-15(27-20(29)12-3-2-4-13(7-12)22(24,25)26)10-16(11)17-8-14(23)9-18-19(17)31-21(30)28-18/h2-10H,1H3,(H,27,29)(H,28,30). The molecular weight excluding hydrogens is 477 g/mol. The van der Waals surface area contributed by atoms with Crippen LogP contribution < -0.4 is 11.1 Å². The number of fused-ring (bicyclic) bond motifs is 1. The Bertz CT molecular complexity index is 1370. The highest BCUT2D eigenvalue weighted by Crippen LogP contribution is 2.35. The Kier molecular flexibility index (Phi) is 5.22. The Morgan fingerprint density at radius 2 is 1.84 bits per heavy atom. The second-order valence-corrected chi connectivity index (χ2v) is 7.82. The van der Waals surface area contributed by atoms with Crippen molar-refractivity contribution in [2.24, 2.45) is 0 Å². The van der Waals surface area contributed by atoms with Crippen LogP contribution in [0.1, 0.15) is 21.5 Å². The highest BCUT2D eigenvalue weighted by atomic mass is 79.9. The lowest BCUT2D eigenvalue weighted by Crippen LogP contribution is -2.14. The molecular formula is C22H14BrF3N2O3. The van der Waals surface area contributed by atoms with E-state index in [4.69, 9.17) is 4.42 Å². The predicted octanol–water partition coefficient (Wildman–Crippen LogP) is 6.13. The van der Waals surface area contributed by atoms with E-state index in [-0.39, 0.29) is 5.56 Å². The molecule has 0 spiro atoms. The Hall–Kier alpha value is -3.33. The number of halogens is 4. The number of benzene rings is 3. The van der Waals surface area contributed by atoms with E-state index in [1.807, 2.05) is 6.92 Å². The summed E-state index contributed by atoms with van der Waals surface area (Å²) in [6, 6.07) is 12.8. The summed E-state index contributed by atoms with van der Waals surface area (Å²) in [5.74, 6) is -1.27. The fourth-order valence-corrected chi connectivity index (χ4v) is 3.71. The molecule has 0 saturated carbocycles. The average molecular weight is 491 g/mol. The van der Waals surface area contributed by atoms with Crippen LogP contribution >= 0.6 is 15.9 Å². The summed E-state index contributed by atoms with van der Waals surface area (Å²) in [6.07, 6.45) is -4.54. The Morgan fingerprint density at radius 1 is 1.06 bits per heavy atom. The minimum atomic E-state index is -4.54. The number of aromatic nitrogens is 1. The molecule has 0 aliphatic carbocycles. The van der Waals surface area contributed by atoms with Gasteiger partial charge in [-0.3, -0.25) is 9.78 Å². The zero-order chi connectivity index (χ0) is 22.3. The van der Waals surface area contributed by atoms with Crippen LogP contribution in [0.2, 0.25) is 0 Å². The molecule has 0 radical (unpaired) electrons. The molecule has 5 nitrogen and oxygen atoms in total. The highest BCUT2D eigenvalue weighted by molar-refractivity contribution is 9.10. The predicted molar refractivity (Wildman–Crippen MR) is 114 cm³/mol. The molecule has 9 heteroatoms. The third-order valence-electron chi connectivity index (χ3n) is 4.72. The van der Waals surface area contributed by atoms with Crippen molar-refractivity contribution in [1.82, 2.24) is 4.98 Å². The van der Waals surface area contributed by atoms with E-state index in [1.54, 1.807) is 30.3 Å². The minimum Gasteiger partial charge on any atom is -0.407 e. The van der Waals surface area contributed by atoms with E-state index >= 15 is 0 Å². The normalized spacial score (nSPS) is 11.6. The number of anilines is 1. The van der Waals surface area contributed by atoms with Gasteiger partial charge in [-0.1, -0.05) is 28.1 Å². The lowest BCUT2D eigenvalue weighted by Gasteiger charge is -2.12. The van der Waals surface area contributed by atoms with E-state index in [0.29, 0.717) is 32.4 Å². The number of oxazole rings is 1. The van der Waals surface area contributed by atoms with Crippen molar-refractivity contribution < 1.29 is 22.4 Å². The van der Waals surface area contributed by atoms with Gasteiger partial charge in [0, 0.05) is 21.3 Å². The summed E-state index contributed by atoms with van der Waals surface area (Å²) in [7, 11) is 0. The van der Waals surface area contributed by atoms with Gasteiger partial charge < -0.3 is 9.73 Å². The SMILES string of the molecule is Cc1ccc(NC(=O)c2cccc(C(F)(F)F)c2)cc1-c1cc(Br)cc2[nH]c(=O)oc12. The number of H-pyrrole nitrogens is 1. The number of alkyl halides is 3. The maximum Gasteiger partial charge on any atom is 0.417 e. The quantitative estimate of drug-likeness (QED) is 0.362. The van der Waals surface area contributed by atoms with E-state index < -0.39 is 23.4 Å². The number of hydrogen-bond acceptors (Lipinski definition) is 3. The van der Waals surface area contributed by atoms with Gasteiger partial charge in [0.05, 0.1) is 11.1 Å². The molecule has 1 amide bonds. The molecule has 2 N–H and O–H groups in total. The summed E-state index contributed by atoms with van der Waals surface area (Å²) in [4.78, 5) is 26.8. The first-order chi connectivity index (χ1) is 14.6. The van der Waals surface area contributed by atoms with Crippen molar-refractivity contribution in [3.05, 3.63) is 86.3 Å². The lowest BCUT2D eigenvalue weighted by molar-refractivity contribution is -0.137. The van der Waals surface area contributed by atoms with Crippen LogP contribution in [0.5, 0.6) is 0 Å². The molecule has 3 aromatic carbocycles. The topological polar surface area (TPSA) is 75.1 Å². The number of amides is 1. The summed E-state index contributed by atoms with van der Waals surface area (Å²) >= 11 is 3.40. The summed E-state index contributed by atoms with van der Waals surface area (Å²) in [5, 5.41) is 2.62. The van der Waals surface area contributed by atoms with Crippen LogP contribution in [-0.4, -0.2) is 10.9 Å². The minimum absolute atomic E-state index is 0.113. The molecule has 0 aliphatic heterocycles. The van der Waals surface area contributed by atoms with Gasteiger partial charge in [0.1, 0.15) is 0 Å². The maximum atomic E-state index is 12.9. The third-order valence-corrected chi connectivity index (χ3v) is 5.18. The molecule has 0 bridgehead atoms. The van der Waals surface area contributed by atoms with E-state index in [9.17, 15) is 22.8 Å². The molecule has 0 saturated heterocycles. The fourth-order valence-electron chi connectivity index (χ4n) is 3.25. The number of aromatic amines is 1. The lowest BCUT2D eigenvalue weighted by atomic mass is 9.99. The van der Waals surface area contributed by atoms with Gasteiger partial charge in [-0.15, -0.1) is 0 Å². The first-order valence-corrected chi connectivity index (χ1v) is 9.83. The second kappa shape index (κ2) is 7.73. The number of rotatable bonds is 3. The van der Waals surface area contributed by atoms with Gasteiger partial charge in [0.25, 0.3) is 5.91 Å². The molecule has 0 unspecified atom stereocenters. The molecule has 4 rings (SSSR count). The summed E-state index contributed by atoms with van der Waals surface area (Å²) in [6.45, 7) is 1.85. The van der Waals surface area contributed by atoms with Crippen LogP contribution in [0.3, 0.4) is 0 Å². The van der Waals surface area contributed by atoms with Crippen molar-refractivity contribution >= 4 is 38.6 Å². The molecule has 31 heavy (non-hydrogen) atoms. The summed E-state index contributed by atoms with van der Waals surface area (Å²) < 4.78 is 44.8. The van der Waals surface area contributed by atoms with Crippen LogP contribution in [0.4, 0.5) is 18.9 Å². The van der Waals surface area contributed by atoms with Gasteiger partial charge in [0.2, 0.25) is 0 Å². The maximum absolute atomic E-state index is 12.9. The van der Waals surface area contributed by atoms with Crippen LogP contribution in [0.15, 0.2) is 68.3 Å². The molecule has 0 fully saturated rings. The van der Waals surface area contributed by atoms with Gasteiger partial charge in [-0.2, -0.15) is 13.2 Å². The summed E-state index contributed by atoms with van der Waals surface area (Å²) in [5.41, 5.74) is 2.40. The fraction of sp³-hybridized carbons (Fsp3) is 0.0909. The van der Waals surface area contributed by atoms with Crippen molar-refractivity contribution in [1.29, 1.82) is 0 Å². The van der Waals surface area contributed by atoms with E-state index in [2.05, 4.69) is 26.2 Å². The number of hydrogen-bond donors (Lipinski definition) is 2. The Morgan fingerprint density at radius 3 is 2.58 bits per heavy atom. The molecule has 158 valence electrons. The number of aryl methyl sites for hydroxylation is 1. The van der Waals surface area contributed by atoms with Crippen LogP contribution in [0.25, 0.3) is 22.2 Å². The van der Waals surface area contributed by atoms with E-state index in [1.165, 1.54) is 12.1 Å². The third kappa shape index (κ3) is 4.27. The monoisotopic (exact) mass is 490 g/mol. The first kappa shape index (κ1) is 20.9. The molecule has 1 aromatic heterocycles. The number of carbonyl (C=O) groups excluding carboxylic acids is 1. The Labute approximate surface area is 182 Å². The smallest absolute Gasteiger partial charge is 0.407 e. The largest absolute Gasteiger partial charge is 0.417 e. The highest BCUT2D eigenvalue weighted by Gasteiger charge is 2.30. The Balaban J connectivity index is 1.71. The average Bonchev–Trinajstić information content (AvgIpc) is 3.08. The second-order valence-electron chi connectivity index (χ2n) is 6.91. The first-order valence-electron chi connectivity index (χ1n) is 9.04. The molecule has 0 aliphatic rings. The van der Waals surface area contributed by atoms with Gasteiger partial charge >= 0.3 is 11.9 Å². The van der Waals surface area contributed by atoms with Gasteiger partial charge in [-0.25, -0.2) is 4.79 Å². The van der Waals surface area contributed by atoms with E-state index in [0.717, 1.165) is 17.7 Å². The van der Waals surface area contributed by atoms with Crippen molar-refractivity contribution in [2.75, 3.05) is 5.32 Å². The number of carbonyl (C=O) groups is 1. The molecule has 0 atom stereocenters. The molecule has 4 aromatic rings. The molecule has 1 heterocycles. The van der Waals surface area contributed by atoms with Crippen molar-refractivity contribution in [3.63, 3.8) is 0 Å². The number of nitrogens with one attached hydrogen (secondary N) is 2. The van der Waals surface area contributed by atoms with Crippen LogP contribution in [0, 0.1) is 6.92 Å². The van der Waals surface area contributed by atoms with Gasteiger partial charge in [0.15, 0.2) is 5.58 Å². The van der Waals surface area contributed by atoms with Crippen molar-refractivity contribution in [2.45, 2.75) is 13.1 Å². The zero-order valence-electron chi connectivity index (χ0n) is 15.9. The van der Waals surface area contributed by atoms with Crippen molar-refractivity contribution in [3.8, 4) is 11.1 Å².